The summed E-state index contributed by atoms with van der Waals surface area (Å²) in [4.78, 5) is 0. The van der Waals surface area contributed by atoms with Crippen LogP contribution in [0.5, 0.6) is 0 Å². The lowest BCUT2D eigenvalue weighted by Crippen LogP contribution is -2.14. The van der Waals surface area contributed by atoms with Gasteiger partial charge in [-0.15, -0.1) is 0 Å². The summed E-state index contributed by atoms with van der Waals surface area (Å²) in [6.45, 7) is 4.46. The molecule has 2 radical (unpaired) electrons. The Balaban J connectivity index is 2.51. The van der Waals surface area contributed by atoms with Gasteiger partial charge in [0.05, 0.1) is 7.85 Å². The van der Waals surface area contributed by atoms with Gasteiger partial charge in [0.25, 0.3) is 0 Å². The lowest BCUT2D eigenvalue weighted by atomic mass is 9.60. The van der Waals surface area contributed by atoms with Crippen LogP contribution in [0.3, 0.4) is 0 Å². The van der Waals surface area contributed by atoms with Gasteiger partial charge in [-0.2, -0.15) is 0 Å². The molecule has 0 heterocycles. The summed E-state index contributed by atoms with van der Waals surface area (Å²) in [7, 11) is 6.10. The predicted molar refractivity (Wildman–Crippen MR) is 41.8 cm³/mol. The molecule has 0 aromatic carbocycles. The molecule has 0 amide bonds. The van der Waals surface area contributed by atoms with E-state index in [1.807, 2.05) is 0 Å². The summed E-state index contributed by atoms with van der Waals surface area (Å²) < 4.78 is 0. The molecule has 0 atom stereocenters. The minimum atomic E-state index is 0.194. The Bertz CT molecular complexity index is 90.7. The van der Waals surface area contributed by atoms with E-state index in [9.17, 15) is 0 Å². The van der Waals surface area contributed by atoms with Crippen molar-refractivity contribution in [2.24, 2.45) is 5.92 Å². The predicted octanol–water partition coefficient (Wildman–Crippen LogP) is 2.54. The second-order valence-electron chi connectivity index (χ2n) is 3.59. The van der Waals surface area contributed by atoms with Crippen LogP contribution in [-0.4, -0.2) is 7.85 Å². The molecule has 1 aliphatic carbocycles. The maximum atomic E-state index is 6.10. The lowest BCUT2D eigenvalue weighted by molar-refractivity contribution is 0.421. The number of rotatable bonds is 1. The molecule has 1 saturated carbocycles. The van der Waals surface area contributed by atoms with Gasteiger partial charge in [-0.05, 0) is 5.92 Å². The average Bonchev–Trinajstić information content (AvgIpc) is 2.16. The minimum Gasteiger partial charge on any atom is -0.0638 e. The van der Waals surface area contributed by atoms with Gasteiger partial charge >= 0.3 is 0 Å². The monoisotopic (exact) mass is 122 g/mol. The van der Waals surface area contributed by atoms with Gasteiger partial charge in [-0.25, -0.2) is 0 Å². The van der Waals surface area contributed by atoms with Crippen LogP contribution in [0.15, 0.2) is 0 Å². The number of hydrogen-bond acceptors (Lipinski definition) is 0. The normalized spacial score (nSPS) is 25.2. The summed E-state index contributed by atoms with van der Waals surface area (Å²) in [5.41, 5.74) is 0. The van der Waals surface area contributed by atoms with E-state index in [1.165, 1.54) is 25.7 Å². The van der Waals surface area contributed by atoms with Crippen LogP contribution >= 0.6 is 0 Å². The van der Waals surface area contributed by atoms with Crippen LogP contribution in [0.4, 0.5) is 0 Å². The fourth-order valence-electron chi connectivity index (χ4n) is 1.61. The van der Waals surface area contributed by atoms with Gasteiger partial charge < -0.3 is 0 Å². The lowest BCUT2D eigenvalue weighted by Gasteiger charge is -2.28. The van der Waals surface area contributed by atoms with E-state index in [0.29, 0.717) is 5.92 Å². The van der Waals surface area contributed by atoms with Crippen LogP contribution in [0.1, 0.15) is 39.5 Å². The highest BCUT2D eigenvalue weighted by Crippen LogP contribution is 2.47. The molecule has 1 fully saturated rings. The highest BCUT2D eigenvalue weighted by Gasteiger charge is 2.30. The van der Waals surface area contributed by atoms with Crippen molar-refractivity contribution in [1.29, 1.82) is 0 Å². The summed E-state index contributed by atoms with van der Waals surface area (Å²) in [5, 5.41) is 0.194. The zero-order valence-electron chi connectivity index (χ0n) is 6.48. The molecule has 0 aromatic heterocycles. The van der Waals surface area contributed by atoms with E-state index in [-0.39, 0.29) is 5.31 Å². The van der Waals surface area contributed by atoms with Crippen molar-refractivity contribution in [3.8, 4) is 0 Å². The standard InChI is InChI=1S/C8H15B/c1-7(2)8(9)5-3-4-6-8/h7H,3-6H2,1-2H3. The molecule has 0 aromatic rings. The van der Waals surface area contributed by atoms with E-state index >= 15 is 0 Å². The third-order valence-corrected chi connectivity index (χ3v) is 2.68. The van der Waals surface area contributed by atoms with Gasteiger partial charge in [-0.1, -0.05) is 44.8 Å². The van der Waals surface area contributed by atoms with E-state index in [1.54, 1.807) is 0 Å². The van der Waals surface area contributed by atoms with Crippen LogP contribution in [0.2, 0.25) is 5.31 Å². The highest BCUT2D eigenvalue weighted by molar-refractivity contribution is 6.15. The van der Waals surface area contributed by atoms with Crippen LogP contribution in [-0.2, 0) is 0 Å². The molecular weight excluding hydrogens is 107 g/mol. The van der Waals surface area contributed by atoms with Gasteiger partial charge in [0.2, 0.25) is 0 Å². The fourth-order valence-corrected chi connectivity index (χ4v) is 1.61. The zero-order valence-corrected chi connectivity index (χ0v) is 6.48. The molecule has 1 heteroatoms. The third kappa shape index (κ3) is 1.31. The average molecular weight is 122 g/mol. The van der Waals surface area contributed by atoms with Crippen LogP contribution < -0.4 is 0 Å². The van der Waals surface area contributed by atoms with Crippen molar-refractivity contribution in [2.45, 2.75) is 44.8 Å². The first-order valence-electron chi connectivity index (χ1n) is 3.94. The Kier molecular flexibility index (Phi) is 1.88. The van der Waals surface area contributed by atoms with Gasteiger partial charge in [0.15, 0.2) is 0 Å². The Morgan fingerprint density at radius 1 is 1.22 bits per heavy atom. The van der Waals surface area contributed by atoms with Crippen LogP contribution in [0, 0.1) is 5.92 Å². The second-order valence-corrected chi connectivity index (χ2v) is 3.59. The molecule has 50 valence electrons. The van der Waals surface area contributed by atoms with Crippen molar-refractivity contribution in [3.63, 3.8) is 0 Å². The van der Waals surface area contributed by atoms with Gasteiger partial charge in [0, 0.05) is 0 Å². The Hall–Kier alpha value is 0.0649. The molecule has 0 aliphatic heterocycles. The Morgan fingerprint density at radius 2 is 1.67 bits per heavy atom. The van der Waals surface area contributed by atoms with Crippen molar-refractivity contribution in [1.82, 2.24) is 0 Å². The first-order chi connectivity index (χ1) is 4.15. The quantitative estimate of drug-likeness (QED) is 0.469. The summed E-state index contributed by atoms with van der Waals surface area (Å²) >= 11 is 0. The maximum Gasteiger partial charge on any atom is 0.0749 e. The van der Waals surface area contributed by atoms with E-state index in [4.69, 9.17) is 7.85 Å². The van der Waals surface area contributed by atoms with Crippen LogP contribution in [0.25, 0.3) is 0 Å². The Morgan fingerprint density at radius 3 is 1.89 bits per heavy atom. The third-order valence-electron chi connectivity index (χ3n) is 2.68. The molecule has 0 saturated heterocycles. The van der Waals surface area contributed by atoms with Gasteiger partial charge in [-0.3, -0.25) is 0 Å². The fraction of sp³-hybridized carbons (Fsp3) is 1.00. The number of hydrogen-bond donors (Lipinski definition) is 0. The first-order valence-corrected chi connectivity index (χ1v) is 3.94. The largest absolute Gasteiger partial charge is 0.0749 e. The van der Waals surface area contributed by atoms with E-state index in [0.717, 1.165) is 0 Å². The molecule has 0 nitrogen and oxygen atoms in total. The van der Waals surface area contributed by atoms with Crippen molar-refractivity contribution in [2.75, 3.05) is 0 Å². The van der Waals surface area contributed by atoms with E-state index < -0.39 is 0 Å². The Labute approximate surface area is 59.4 Å². The topological polar surface area (TPSA) is 0 Å². The highest BCUT2D eigenvalue weighted by atomic mass is 14.3. The van der Waals surface area contributed by atoms with Crippen molar-refractivity contribution in [3.05, 3.63) is 0 Å². The molecule has 0 spiro atoms. The minimum absolute atomic E-state index is 0.194. The van der Waals surface area contributed by atoms with Crippen molar-refractivity contribution < 1.29 is 0 Å². The van der Waals surface area contributed by atoms with E-state index in [2.05, 4.69) is 13.8 Å². The molecule has 1 rings (SSSR count). The van der Waals surface area contributed by atoms with Crippen molar-refractivity contribution >= 4 is 7.85 Å². The summed E-state index contributed by atoms with van der Waals surface area (Å²) in [5.74, 6) is 0.667. The smallest absolute Gasteiger partial charge is 0.0638 e. The molecule has 1 aliphatic rings. The second kappa shape index (κ2) is 2.36. The molecule has 0 unspecified atom stereocenters. The molecule has 0 bridgehead atoms. The molecule has 0 N–H and O–H groups in total. The summed E-state index contributed by atoms with van der Waals surface area (Å²) in [6, 6.07) is 0. The molecule has 9 heavy (non-hydrogen) atoms. The molecular formula is C8H15B. The summed E-state index contributed by atoms with van der Waals surface area (Å²) in [6.07, 6.45) is 5.17. The maximum absolute atomic E-state index is 6.10. The zero-order chi connectivity index (χ0) is 6.91. The SMILES string of the molecule is [B]C1(C(C)C)CCCC1. The first kappa shape index (κ1) is 7.18. The van der Waals surface area contributed by atoms with Gasteiger partial charge in [0.1, 0.15) is 0 Å².